The van der Waals surface area contributed by atoms with Gasteiger partial charge in [-0.05, 0) is 73.0 Å². The highest BCUT2D eigenvalue weighted by molar-refractivity contribution is 7.22. The van der Waals surface area contributed by atoms with E-state index in [0.29, 0.717) is 22.8 Å². The van der Waals surface area contributed by atoms with Crippen LogP contribution in [0.25, 0.3) is 10.2 Å². The second-order valence-electron chi connectivity index (χ2n) is 6.79. The van der Waals surface area contributed by atoms with Crippen molar-refractivity contribution in [3.05, 3.63) is 88.7 Å². The van der Waals surface area contributed by atoms with Crippen LogP contribution < -0.4 is 4.90 Å². The van der Waals surface area contributed by atoms with E-state index in [1.165, 1.54) is 16.9 Å². The van der Waals surface area contributed by atoms with Gasteiger partial charge in [0, 0.05) is 18.0 Å². The molecule has 0 radical (unpaired) electrons. The number of fused-ring (bicyclic) bond motifs is 1. The fourth-order valence-corrected chi connectivity index (χ4v) is 4.09. The predicted molar refractivity (Wildman–Crippen MR) is 115 cm³/mol. The monoisotopic (exact) mass is 398 g/mol. The summed E-state index contributed by atoms with van der Waals surface area (Å²) in [4.78, 5) is 23.9. The summed E-state index contributed by atoms with van der Waals surface area (Å²) in [5.41, 5.74) is 5.23. The lowest BCUT2D eigenvalue weighted by molar-refractivity contribution is 0.0985. The molecule has 0 aliphatic heterocycles. The van der Waals surface area contributed by atoms with Crippen LogP contribution in [-0.4, -0.2) is 15.9 Å². The highest BCUT2D eigenvalue weighted by Crippen LogP contribution is 2.33. The van der Waals surface area contributed by atoms with Crippen molar-refractivity contribution in [3.63, 3.8) is 0 Å². The predicted octanol–water partition coefficient (Wildman–Crippen LogP) is 5.03. The standard InChI is InChI=1S/C23H18N4OS/c1-15-3-8-20-21(16(15)2)26-23(29-20)27(14-18-9-11-25-12-10-18)22(28)19-6-4-17(13-24)5-7-19/h3-12H,14H2,1-2H3. The van der Waals surface area contributed by atoms with E-state index in [2.05, 4.69) is 37.0 Å². The number of hydrogen-bond acceptors (Lipinski definition) is 5. The van der Waals surface area contributed by atoms with Gasteiger partial charge >= 0.3 is 0 Å². The summed E-state index contributed by atoms with van der Waals surface area (Å²) in [7, 11) is 0. The van der Waals surface area contributed by atoms with Gasteiger partial charge in [0.2, 0.25) is 0 Å². The first-order chi connectivity index (χ1) is 14.1. The smallest absolute Gasteiger partial charge is 0.260 e. The molecule has 2 aromatic heterocycles. The molecule has 0 saturated heterocycles. The average Bonchev–Trinajstić information content (AvgIpc) is 3.20. The number of rotatable bonds is 4. The van der Waals surface area contributed by atoms with Gasteiger partial charge in [0.1, 0.15) is 0 Å². The number of aromatic nitrogens is 2. The Morgan fingerprint density at radius 2 is 1.79 bits per heavy atom. The molecule has 2 heterocycles. The van der Waals surface area contributed by atoms with Gasteiger partial charge < -0.3 is 0 Å². The minimum atomic E-state index is -0.153. The maximum absolute atomic E-state index is 13.4. The van der Waals surface area contributed by atoms with Gasteiger partial charge in [-0.2, -0.15) is 5.26 Å². The first-order valence-electron chi connectivity index (χ1n) is 9.14. The average molecular weight is 398 g/mol. The number of aryl methyl sites for hydroxylation is 2. The number of nitrogens with zero attached hydrogens (tertiary/aromatic N) is 4. The van der Waals surface area contributed by atoms with Crippen molar-refractivity contribution >= 4 is 32.6 Å². The molecular formula is C23H18N4OS. The van der Waals surface area contributed by atoms with Crippen LogP contribution in [0.4, 0.5) is 5.13 Å². The van der Waals surface area contributed by atoms with E-state index < -0.39 is 0 Å². The van der Waals surface area contributed by atoms with Crippen molar-refractivity contribution in [3.8, 4) is 6.07 Å². The number of pyridine rings is 1. The van der Waals surface area contributed by atoms with E-state index in [9.17, 15) is 4.79 Å². The third-order valence-electron chi connectivity index (χ3n) is 4.90. The van der Waals surface area contributed by atoms with Crippen LogP contribution in [0, 0.1) is 25.2 Å². The fourth-order valence-electron chi connectivity index (χ4n) is 3.07. The number of benzene rings is 2. The van der Waals surface area contributed by atoms with E-state index in [1.54, 1.807) is 41.6 Å². The van der Waals surface area contributed by atoms with Crippen LogP contribution >= 0.6 is 11.3 Å². The minimum absolute atomic E-state index is 0.153. The second kappa shape index (κ2) is 7.82. The Morgan fingerprint density at radius 3 is 2.48 bits per heavy atom. The molecule has 0 aliphatic rings. The van der Waals surface area contributed by atoms with Gasteiger partial charge in [-0.15, -0.1) is 0 Å². The first kappa shape index (κ1) is 18.8. The zero-order valence-electron chi connectivity index (χ0n) is 16.1. The molecule has 0 saturated carbocycles. The highest BCUT2D eigenvalue weighted by atomic mass is 32.1. The SMILES string of the molecule is Cc1ccc2sc(N(Cc3ccncc3)C(=O)c3ccc(C#N)cc3)nc2c1C. The summed E-state index contributed by atoms with van der Waals surface area (Å²) in [5.74, 6) is -0.153. The molecule has 0 aliphatic carbocycles. The van der Waals surface area contributed by atoms with Crippen LogP contribution in [0.3, 0.4) is 0 Å². The molecule has 0 atom stereocenters. The van der Waals surface area contributed by atoms with Crippen molar-refractivity contribution in [2.24, 2.45) is 0 Å². The lowest BCUT2D eigenvalue weighted by Crippen LogP contribution is -2.30. The molecule has 5 nitrogen and oxygen atoms in total. The molecule has 142 valence electrons. The summed E-state index contributed by atoms with van der Waals surface area (Å²) < 4.78 is 1.05. The number of anilines is 1. The Balaban J connectivity index is 1.78. The van der Waals surface area contributed by atoms with Crippen molar-refractivity contribution in [1.29, 1.82) is 5.26 Å². The van der Waals surface area contributed by atoms with Gasteiger partial charge in [-0.1, -0.05) is 17.4 Å². The maximum Gasteiger partial charge on any atom is 0.260 e. The maximum atomic E-state index is 13.4. The lowest BCUT2D eigenvalue weighted by Gasteiger charge is -2.20. The summed E-state index contributed by atoms with van der Waals surface area (Å²) in [6, 6.07) is 16.7. The van der Waals surface area contributed by atoms with E-state index >= 15 is 0 Å². The van der Waals surface area contributed by atoms with Gasteiger partial charge in [0.15, 0.2) is 5.13 Å². The van der Waals surface area contributed by atoms with Crippen LogP contribution in [0.15, 0.2) is 60.9 Å². The summed E-state index contributed by atoms with van der Waals surface area (Å²) in [6.45, 7) is 4.50. The molecular weight excluding hydrogens is 380 g/mol. The van der Waals surface area contributed by atoms with Crippen LogP contribution in [-0.2, 0) is 6.54 Å². The molecule has 0 unspecified atom stereocenters. The number of thiazole rings is 1. The van der Waals surface area contributed by atoms with Crippen LogP contribution in [0.2, 0.25) is 0 Å². The van der Waals surface area contributed by atoms with E-state index in [-0.39, 0.29) is 5.91 Å². The molecule has 4 aromatic rings. The molecule has 6 heteroatoms. The number of nitriles is 1. The molecule has 0 spiro atoms. The van der Waals surface area contributed by atoms with Crippen molar-refractivity contribution < 1.29 is 4.79 Å². The van der Waals surface area contributed by atoms with E-state index in [0.717, 1.165) is 21.3 Å². The molecule has 1 amide bonds. The molecule has 0 N–H and O–H groups in total. The Morgan fingerprint density at radius 1 is 1.07 bits per heavy atom. The van der Waals surface area contributed by atoms with Gasteiger partial charge in [0.25, 0.3) is 5.91 Å². The van der Waals surface area contributed by atoms with Crippen molar-refractivity contribution in [2.75, 3.05) is 4.90 Å². The molecule has 0 bridgehead atoms. The quantitative estimate of drug-likeness (QED) is 0.484. The van der Waals surface area contributed by atoms with Gasteiger partial charge in [-0.25, -0.2) is 4.98 Å². The summed E-state index contributed by atoms with van der Waals surface area (Å²) >= 11 is 1.50. The highest BCUT2D eigenvalue weighted by Gasteiger charge is 2.22. The second-order valence-corrected chi connectivity index (χ2v) is 7.80. The third kappa shape index (κ3) is 3.73. The van der Waals surface area contributed by atoms with E-state index in [4.69, 9.17) is 10.2 Å². The first-order valence-corrected chi connectivity index (χ1v) is 9.96. The Labute approximate surface area is 172 Å². The van der Waals surface area contributed by atoms with Gasteiger partial charge in [-0.3, -0.25) is 14.7 Å². The summed E-state index contributed by atoms with van der Waals surface area (Å²) in [5, 5.41) is 9.67. The lowest BCUT2D eigenvalue weighted by atomic mass is 10.1. The summed E-state index contributed by atoms with van der Waals surface area (Å²) in [6.07, 6.45) is 3.43. The van der Waals surface area contributed by atoms with E-state index in [1.807, 2.05) is 12.1 Å². The topological polar surface area (TPSA) is 69.9 Å². The van der Waals surface area contributed by atoms with Crippen LogP contribution in [0.5, 0.6) is 0 Å². The minimum Gasteiger partial charge on any atom is -0.279 e. The van der Waals surface area contributed by atoms with Gasteiger partial charge in [0.05, 0.1) is 28.4 Å². The van der Waals surface area contributed by atoms with Crippen molar-refractivity contribution in [1.82, 2.24) is 9.97 Å². The normalized spacial score (nSPS) is 10.7. The molecule has 2 aromatic carbocycles. The van der Waals surface area contributed by atoms with Crippen LogP contribution in [0.1, 0.15) is 32.6 Å². The zero-order chi connectivity index (χ0) is 20.4. The Hall–Kier alpha value is -3.56. The number of carbonyl (C=O) groups excluding carboxylic acids is 1. The number of carbonyl (C=O) groups is 1. The fraction of sp³-hybridized carbons (Fsp3) is 0.130. The molecule has 29 heavy (non-hydrogen) atoms. The number of hydrogen-bond donors (Lipinski definition) is 0. The largest absolute Gasteiger partial charge is 0.279 e. The van der Waals surface area contributed by atoms with Crippen molar-refractivity contribution in [2.45, 2.75) is 20.4 Å². The molecule has 0 fully saturated rings. The zero-order valence-corrected chi connectivity index (χ0v) is 16.9. The Bertz CT molecular complexity index is 1220. The Kier molecular flexibility index (Phi) is 5.07. The molecule has 4 rings (SSSR count). The number of amides is 1. The third-order valence-corrected chi connectivity index (χ3v) is 5.94.